The summed E-state index contributed by atoms with van der Waals surface area (Å²) in [6.45, 7) is 2.12. The van der Waals surface area contributed by atoms with Gasteiger partial charge in [-0.15, -0.1) is 0 Å². The third kappa shape index (κ3) is 3.86. The first-order chi connectivity index (χ1) is 8.24. The van der Waals surface area contributed by atoms with Crippen LogP contribution in [0.5, 0.6) is 0 Å². The average Bonchev–Trinajstić information content (AvgIpc) is 2.30. The Morgan fingerprint density at radius 2 is 2.18 bits per heavy atom. The molecule has 3 nitrogen and oxygen atoms in total. The topological polar surface area (TPSA) is 32.3 Å². The summed E-state index contributed by atoms with van der Waals surface area (Å²) < 4.78 is 0. The van der Waals surface area contributed by atoms with Crippen LogP contribution in [0.2, 0.25) is 0 Å². The Hall–Kier alpha value is -1.35. The van der Waals surface area contributed by atoms with Crippen LogP contribution < -0.4 is 5.32 Å². The van der Waals surface area contributed by atoms with Gasteiger partial charge in [0.2, 0.25) is 5.91 Å². The quantitative estimate of drug-likeness (QED) is 0.855. The van der Waals surface area contributed by atoms with Crippen LogP contribution in [0.1, 0.15) is 18.4 Å². The molecule has 1 amide bonds. The van der Waals surface area contributed by atoms with E-state index < -0.39 is 0 Å². The molecule has 1 N–H and O–H groups in total. The van der Waals surface area contributed by atoms with Gasteiger partial charge in [0.1, 0.15) is 0 Å². The molecule has 1 aliphatic rings. The zero-order chi connectivity index (χ0) is 12.1. The normalized spacial score (nSPS) is 21.1. The minimum atomic E-state index is 0.136. The monoisotopic (exact) mass is 232 g/mol. The summed E-state index contributed by atoms with van der Waals surface area (Å²) in [5, 5.41) is 3.12. The highest BCUT2D eigenvalue weighted by Crippen LogP contribution is 2.08. The molecule has 0 radical (unpaired) electrons. The van der Waals surface area contributed by atoms with Crippen LogP contribution >= 0.6 is 0 Å². The SMILES string of the molecule is CN1CCC[C@@H](NC(=O)Cc2ccccc2)C1. The zero-order valence-corrected chi connectivity index (χ0v) is 10.4. The summed E-state index contributed by atoms with van der Waals surface area (Å²) in [5.74, 6) is 0.136. The molecule has 0 aromatic heterocycles. The Labute approximate surface area is 103 Å². The smallest absolute Gasteiger partial charge is 0.224 e. The molecule has 1 aromatic rings. The average molecular weight is 232 g/mol. The van der Waals surface area contributed by atoms with Crippen molar-refractivity contribution in [2.75, 3.05) is 20.1 Å². The summed E-state index contributed by atoms with van der Waals surface area (Å²) in [7, 11) is 2.11. The fourth-order valence-electron chi connectivity index (χ4n) is 2.34. The number of nitrogens with one attached hydrogen (secondary N) is 1. The van der Waals surface area contributed by atoms with Crippen LogP contribution in [0.3, 0.4) is 0 Å². The molecule has 0 bridgehead atoms. The number of likely N-dealkylation sites (tertiary alicyclic amines) is 1. The first-order valence-electron chi connectivity index (χ1n) is 6.26. The van der Waals surface area contributed by atoms with Crippen LogP contribution in [0.4, 0.5) is 0 Å². The fraction of sp³-hybridized carbons (Fsp3) is 0.500. The maximum Gasteiger partial charge on any atom is 0.224 e. The predicted molar refractivity (Wildman–Crippen MR) is 68.8 cm³/mol. The number of carbonyl (C=O) groups is 1. The molecular formula is C14H20N2O. The van der Waals surface area contributed by atoms with Gasteiger partial charge < -0.3 is 10.2 Å². The van der Waals surface area contributed by atoms with E-state index in [0.29, 0.717) is 12.5 Å². The van der Waals surface area contributed by atoms with Crippen molar-refractivity contribution in [2.45, 2.75) is 25.3 Å². The number of hydrogen-bond acceptors (Lipinski definition) is 2. The molecule has 1 aromatic carbocycles. The van der Waals surface area contributed by atoms with Gasteiger partial charge in [0.15, 0.2) is 0 Å². The number of nitrogens with zero attached hydrogens (tertiary/aromatic N) is 1. The maximum atomic E-state index is 11.9. The van der Waals surface area contributed by atoms with Crippen molar-refractivity contribution >= 4 is 5.91 Å². The molecular weight excluding hydrogens is 212 g/mol. The second-order valence-electron chi connectivity index (χ2n) is 4.83. The van der Waals surface area contributed by atoms with Gasteiger partial charge in [0.05, 0.1) is 6.42 Å². The van der Waals surface area contributed by atoms with E-state index >= 15 is 0 Å². The molecule has 2 rings (SSSR count). The minimum absolute atomic E-state index is 0.136. The fourth-order valence-corrected chi connectivity index (χ4v) is 2.34. The standard InChI is InChI=1S/C14H20N2O/c1-16-9-5-8-13(11-16)15-14(17)10-12-6-3-2-4-7-12/h2-4,6-7,13H,5,8-11H2,1H3,(H,15,17)/t13-/m1/s1. The summed E-state index contributed by atoms with van der Waals surface area (Å²) in [4.78, 5) is 14.1. The number of amides is 1. The molecule has 0 spiro atoms. The summed E-state index contributed by atoms with van der Waals surface area (Å²) in [6.07, 6.45) is 2.76. The largest absolute Gasteiger partial charge is 0.352 e. The number of rotatable bonds is 3. The van der Waals surface area contributed by atoms with Crippen molar-refractivity contribution in [3.8, 4) is 0 Å². The highest BCUT2D eigenvalue weighted by molar-refractivity contribution is 5.78. The van der Waals surface area contributed by atoms with Crippen molar-refractivity contribution in [2.24, 2.45) is 0 Å². The molecule has 1 atom stereocenters. The van der Waals surface area contributed by atoms with Gasteiger partial charge in [-0.2, -0.15) is 0 Å². The van der Waals surface area contributed by atoms with E-state index in [1.165, 1.54) is 6.42 Å². The van der Waals surface area contributed by atoms with Crippen LogP contribution in [-0.4, -0.2) is 37.0 Å². The van der Waals surface area contributed by atoms with Gasteiger partial charge in [0, 0.05) is 12.6 Å². The summed E-state index contributed by atoms with van der Waals surface area (Å²) >= 11 is 0. The molecule has 1 saturated heterocycles. The van der Waals surface area contributed by atoms with Gasteiger partial charge in [-0.25, -0.2) is 0 Å². The van der Waals surface area contributed by atoms with E-state index in [-0.39, 0.29) is 5.91 Å². The van der Waals surface area contributed by atoms with Crippen molar-refractivity contribution < 1.29 is 4.79 Å². The van der Waals surface area contributed by atoms with Gasteiger partial charge in [-0.05, 0) is 32.0 Å². The molecule has 92 valence electrons. The Kier molecular flexibility index (Phi) is 4.15. The third-order valence-corrected chi connectivity index (χ3v) is 3.20. The second kappa shape index (κ2) is 5.82. The Morgan fingerprint density at radius 1 is 1.41 bits per heavy atom. The number of piperidine rings is 1. The summed E-state index contributed by atoms with van der Waals surface area (Å²) in [6, 6.07) is 10.2. The number of carbonyl (C=O) groups excluding carboxylic acids is 1. The van der Waals surface area contributed by atoms with Crippen LogP contribution in [-0.2, 0) is 11.2 Å². The van der Waals surface area contributed by atoms with E-state index in [0.717, 1.165) is 25.1 Å². The van der Waals surface area contributed by atoms with Gasteiger partial charge in [-0.1, -0.05) is 30.3 Å². The lowest BCUT2D eigenvalue weighted by molar-refractivity contribution is -0.121. The molecule has 1 aliphatic heterocycles. The highest BCUT2D eigenvalue weighted by atomic mass is 16.1. The molecule has 17 heavy (non-hydrogen) atoms. The minimum Gasteiger partial charge on any atom is -0.352 e. The number of hydrogen-bond donors (Lipinski definition) is 1. The predicted octanol–water partition coefficient (Wildman–Crippen LogP) is 1.44. The molecule has 1 fully saturated rings. The first kappa shape index (κ1) is 12.1. The molecule has 0 unspecified atom stereocenters. The molecule has 0 saturated carbocycles. The lowest BCUT2D eigenvalue weighted by Crippen LogP contribution is -2.46. The Morgan fingerprint density at radius 3 is 2.88 bits per heavy atom. The van der Waals surface area contributed by atoms with Gasteiger partial charge >= 0.3 is 0 Å². The van der Waals surface area contributed by atoms with Crippen LogP contribution in [0.25, 0.3) is 0 Å². The van der Waals surface area contributed by atoms with Gasteiger partial charge in [0.25, 0.3) is 0 Å². The molecule has 1 heterocycles. The van der Waals surface area contributed by atoms with E-state index in [1.54, 1.807) is 0 Å². The second-order valence-corrected chi connectivity index (χ2v) is 4.83. The highest BCUT2D eigenvalue weighted by Gasteiger charge is 2.18. The van der Waals surface area contributed by atoms with Crippen LogP contribution in [0, 0.1) is 0 Å². The molecule has 3 heteroatoms. The Bertz CT molecular complexity index is 364. The molecule has 0 aliphatic carbocycles. The van der Waals surface area contributed by atoms with Crippen molar-refractivity contribution in [3.05, 3.63) is 35.9 Å². The Balaban J connectivity index is 1.81. The van der Waals surface area contributed by atoms with E-state index in [2.05, 4.69) is 17.3 Å². The summed E-state index contributed by atoms with van der Waals surface area (Å²) in [5.41, 5.74) is 1.08. The lowest BCUT2D eigenvalue weighted by atomic mass is 10.1. The van der Waals surface area contributed by atoms with Crippen molar-refractivity contribution in [1.29, 1.82) is 0 Å². The zero-order valence-electron chi connectivity index (χ0n) is 10.4. The van der Waals surface area contributed by atoms with Crippen molar-refractivity contribution in [3.63, 3.8) is 0 Å². The van der Waals surface area contributed by atoms with E-state index in [1.807, 2.05) is 30.3 Å². The number of benzene rings is 1. The van der Waals surface area contributed by atoms with E-state index in [4.69, 9.17) is 0 Å². The van der Waals surface area contributed by atoms with E-state index in [9.17, 15) is 4.79 Å². The van der Waals surface area contributed by atoms with Gasteiger partial charge in [-0.3, -0.25) is 4.79 Å². The first-order valence-corrected chi connectivity index (χ1v) is 6.26. The lowest BCUT2D eigenvalue weighted by Gasteiger charge is -2.30. The van der Waals surface area contributed by atoms with Crippen molar-refractivity contribution in [1.82, 2.24) is 10.2 Å². The maximum absolute atomic E-state index is 11.9. The third-order valence-electron chi connectivity index (χ3n) is 3.20. The number of likely N-dealkylation sites (N-methyl/N-ethyl adjacent to an activating group) is 1. The van der Waals surface area contributed by atoms with Crippen LogP contribution in [0.15, 0.2) is 30.3 Å².